The molecule has 29 heavy (non-hydrogen) atoms. The molecule has 3 rings (SSSR count). The van der Waals surface area contributed by atoms with Crippen molar-refractivity contribution in [1.29, 1.82) is 0 Å². The summed E-state index contributed by atoms with van der Waals surface area (Å²) in [6.07, 6.45) is 0.485. The molecule has 2 N–H and O–H groups in total. The predicted molar refractivity (Wildman–Crippen MR) is 114 cm³/mol. The average Bonchev–Trinajstić information content (AvgIpc) is 2.74. The van der Waals surface area contributed by atoms with Gasteiger partial charge in [-0.25, -0.2) is 4.39 Å². The molecule has 0 bridgehead atoms. The molecule has 0 aliphatic heterocycles. The first-order valence-corrected chi connectivity index (χ1v) is 9.73. The maximum atomic E-state index is 13.9. The molecule has 0 fully saturated rings. The van der Waals surface area contributed by atoms with Gasteiger partial charge in [-0.05, 0) is 42.7 Å². The lowest BCUT2D eigenvalue weighted by Crippen LogP contribution is -2.34. The average molecular weight is 392 g/mol. The maximum absolute atomic E-state index is 13.9. The van der Waals surface area contributed by atoms with Crippen LogP contribution in [0.15, 0.2) is 78.9 Å². The van der Waals surface area contributed by atoms with Gasteiger partial charge in [0.15, 0.2) is 0 Å². The first kappa shape index (κ1) is 20.6. The fourth-order valence-corrected chi connectivity index (χ4v) is 3.12. The Labute approximate surface area is 170 Å². The number of amides is 1. The Morgan fingerprint density at radius 3 is 2.41 bits per heavy atom. The highest BCUT2D eigenvalue weighted by molar-refractivity contribution is 5.96. The van der Waals surface area contributed by atoms with Crippen molar-refractivity contribution in [3.8, 4) is 5.75 Å². The highest BCUT2D eigenvalue weighted by Crippen LogP contribution is 2.25. The van der Waals surface area contributed by atoms with Crippen LogP contribution in [0, 0.1) is 5.82 Å². The highest BCUT2D eigenvalue weighted by atomic mass is 19.1. The predicted octanol–water partition coefficient (Wildman–Crippen LogP) is 4.74. The van der Waals surface area contributed by atoms with Crippen molar-refractivity contribution in [2.75, 3.05) is 18.5 Å². The summed E-state index contributed by atoms with van der Waals surface area (Å²) in [5, 5.41) is 6.22. The number of carbonyl (C=O) groups excluding carboxylic acids is 1. The van der Waals surface area contributed by atoms with Gasteiger partial charge in [-0.2, -0.15) is 0 Å². The van der Waals surface area contributed by atoms with Crippen LogP contribution in [0.4, 0.5) is 10.1 Å². The number of halogens is 1. The van der Waals surface area contributed by atoms with E-state index in [9.17, 15) is 9.18 Å². The second-order valence-electron chi connectivity index (χ2n) is 6.56. The molecular formula is C24H25FN2O2. The minimum absolute atomic E-state index is 0.197. The third-order valence-corrected chi connectivity index (χ3v) is 4.54. The number of carbonyl (C=O) groups is 1. The molecule has 0 saturated carbocycles. The first-order chi connectivity index (χ1) is 14.2. The van der Waals surface area contributed by atoms with Crippen molar-refractivity contribution in [2.45, 2.75) is 19.4 Å². The summed E-state index contributed by atoms with van der Waals surface area (Å²) in [5.41, 5.74) is 2.08. The lowest BCUT2D eigenvalue weighted by molar-refractivity contribution is -0.118. The monoisotopic (exact) mass is 392 g/mol. The number of hydrogen-bond donors (Lipinski definition) is 2. The molecule has 5 heteroatoms. The molecule has 0 saturated heterocycles. The van der Waals surface area contributed by atoms with E-state index in [1.807, 2.05) is 67.6 Å². The minimum atomic E-state index is -0.572. The molecule has 0 aliphatic rings. The maximum Gasteiger partial charge on any atom is 0.246 e. The largest absolute Gasteiger partial charge is 0.492 e. The van der Waals surface area contributed by atoms with Crippen LogP contribution in [0.1, 0.15) is 24.1 Å². The van der Waals surface area contributed by atoms with E-state index in [1.54, 1.807) is 12.1 Å². The molecule has 4 nitrogen and oxygen atoms in total. The zero-order valence-electron chi connectivity index (χ0n) is 16.4. The van der Waals surface area contributed by atoms with Gasteiger partial charge in [0, 0.05) is 6.54 Å². The zero-order chi connectivity index (χ0) is 20.5. The number of benzene rings is 3. The molecule has 0 radical (unpaired) electrons. The lowest BCUT2D eigenvalue weighted by Gasteiger charge is -2.20. The van der Waals surface area contributed by atoms with Crippen molar-refractivity contribution in [2.24, 2.45) is 0 Å². The third kappa shape index (κ3) is 5.65. The third-order valence-electron chi connectivity index (χ3n) is 4.54. The smallest absolute Gasteiger partial charge is 0.246 e. The summed E-state index contributed by atoms with van der Waals surface area (Å²) in [4.78, 5) is 13.1. The van der Waals surface area contributed by atoms with Crippen LogP contribution >= 0.6 is 0 Å². The van der Waals surface area contributed by atoms with Gasteiger partial charge < -0.3 is 15.4 Å². The summed E-state index contributed by atoms with van der Waals surface area (Å²) >= 11 is 0. The molecule has 3 aromatic rings. The molecule has 0 spiro atoms. The number of nitrogens with one attached hydrogen (secondary N) is 2. The molecule has 0 aromatic heterocycles. The normalized spacial score (nSPS) is 11.7. The van der Waals surface area contributed by atoms with E-state index in [0.717, 1.165) is 5.56 Å². The Kier molecular flexibility index (Phi) is 7.36. The fourth-order valence-electron chi connectivity index (χ4n) is 3.12. The second kappa shape index (κ2) is 10.4. The quantitative estimate of drug-likeness (QED) is 0.553. The summed E-state index contributed by atoms with van der Waals surface area (Å²) in [6.45, 7) is 2.87. The molecule has 150 valence electrons. The minimum Gasteiger partial charge on any atom is -0.492 e. The number of hydrogen-bond acceptors (Lipinski definition) is 3. The Morgan fingerprint density at radius 2 is 1.66 bits per heavy atom. The summed E-state index contributed by atoms with van der Waals surface area (Å²) in [6, 6.07) is 22.9. The van der Waals surface area contributed by atoms with Crippen LogP contribution in [-0.4, -0.2) is 19.1 Å². The van der Waals surface area contributed by atoms with Crippen LogP contribution in [0.5, 0.6) is 5.75 Å². The summed E-state index contributed by atoms with van der Waals surface area (Å²) in [7, 11) is 0. The SMILES string of the molecule is CCOc1ccccc1NC(=O)[C@@H](NCCc1ccccc1F)c1ccccc1. The number of ether oxygens (including phenoxy) is 1. The summed E-state index contributed by atoms with van der Waals surface area (Å²) in [5.74, 6) is 0.194. The van der Waals surface area contributed by atoms with E-state index in [-0.39, 0.29) is 11.7 Å². The number of rotatable bonds is 9. The van der Waals surface area contributed by atoms with Gasteiger partial charge in [-0.3, -0.25) is 4.79 Å². The molecule has 1 atom stereocenters. The molecule has 0 aliphatic carbocycles. The van der Waals surface area contributed by atoms with Crippen LogP contribution < -0.4 is 15.4 Å². The van der Waals surface area contributed by atoms with E-state index in [4.69, 9.17) is 4.74 Å². The highest BCUT2D eigenvalue weighted by Gasteiger charge is 2.21. The Hall–Kier alpha value is -3.18. The topological polar surface area (TPSA) is 50.4 Å². The van der Waals surface area contributed by atoms with Crippen molar-refractivity contribution < 1.29 is 13.9 Å². The Balaban J connectivity index is 1.73. The Bertz CT molecular complexity index is 931. The number of anilines is 1. The van der Waals surface area contributed by atoms with Crippen LogP contribution in [0.25, 0.3) is 0 Å². The van der Waals surface area contributed by atoms with E-state index < -0.39 is 6.04 Å². The van der Waals surface area contributed by atoms with Crippen LogP contribution in [-0.2, 0) is 11.2 Å². The molecule has 0 heterocycles. The van der Waals surface area contributed by atoms with E-state index in [0.29, 0.717) is 36.6 Å². The lowest BCUT2D eigenvalue weighted by atomic mass is 10.0. The van der Waals surface area contributed by atoms with Crippen molar-refractivity contribution in [3.63, 3.8) is 0 Å². The van der Waals surface area contributed by atoms with Gasteiger partial charge in [-0.1, -0.05) is 60.7 Å². The van der Waals surface area contributed by atoms with E-state index in [1.165, 1.54) is 6.07 Å². The van der Waals surface area contributed by atoms with E-state index in [2.05, 4.69) is 10.6 Å². The number of para-hydroxylation sites is 2. The van der Waals surface area contributed by atoms with E-state index >= 15 is 0 Å². The first-order valence-electron chi connectivity index (χ1n) is 9.73. The Morgan fingerprint density at radius 1 is 0.966 bits per heavy atom. The van der Waals surface area contributed by atoms with Gasteiger partial charge in [0.25, 0.3) is 0 Å². The van der Waals surface area contributed by atoms with Crippen LogP contribution in [0.2, 0.25) is 0 Å². The van der Waals surface area contributed by atoms with Gasteiger partial charge in [-0.15, -0.1) is 0 Å². The zero-order valence-corrected chi connectivity index (χ0v) is 16.4. The van der Waals surface area contributed by atoms with Crippen molar-refractivity contribution in [3.05, 3.63) is 95.8 Å². The van der Waals surface area contributed by atoms with Crippen molar-refractivity contribution in [1.82, 2.24) is 5.32 Å². The molecule has 1 amide bonds. The van der Waals surface area contributed by atoms with Gasteiger partial charge >= 0.3 is 0 Å². The van der Waals surface area contributed by atoms with Gasteiger partial charge in [0.2, 0.25) is 5.91 Å². The molecular weight excluding hydrogens is 367 g/mol. The standard InChI is InChI=1S/C24H25FN2O2/c1-2-29-22-15-9-8-14-21(22)27-24(28)23(19-11-4-3-5-12-19)26-17-16-18-10-6-7-13-20(18)25/h3-15,23,26H,2,16-17H2,1H3,(H,27,28)/t23-/m0/s1. The molecule has 0 unspecified atom stereocenters. The summed E-state index contributed by atoms with van der Waals surface area (Å²) < 4.78 is 19.5. The van der Waals surface area contributed by atoms with Gasteiger partial charge in [0.05, 0.1) is 12.3 Å². The van der Waals surface area contributed by atoms with Gasteiger partial charge in [0.1, 0.15) is 17.6 Å². The molecule has 3 aromatic carbocycles. The second-order valence-corrected chi connectivity index (χ2v) is 6.56. The van der Waals surface area contributed by atoms with Crippen LogP contribution in [0.3, 0.4) is 0 Å². The van der Waals surface area contributed by atoms with Crippen molar-refractivity contribution >= 4 is 11.6 Å². The fraction of sp³-hybridized carbons (Fsp3) is 0.208.